The van der Waals surface area contributed by atoms with Gasteiger partial charge in [-0.1, -0.05) is 92.4 Å². The summed E-state index contributed by atoms with van der Waals surface area (Å²) in [6.07, 6.45) is 2.03. The number of para-hydroxylation sites is 2. The number of carbonyl (C=O) groups excluding carboxylic acids is 2. The highest BCUT2D eigenvalue weighted by atomic mass is 32.1. The fourth-order valence-electron chi connectivity index (χ4n) is 4.41. The molecule has 0 bridgehead atoms. The Morgan fingerprint density at radius 2 is 1.00 bits per heavy atom. The number of anilines is 2. The van der Waals surface area contributed by atoms with Crippen molar-refractivity contribution in [1.29, 1.82) is 0 Å². The number of phosphoric ester groups is 2. The van der Waals surface area contributed by atoms with E-state index in [1.165, 1.54) is 36.4 Å². The predicted molar refractivity (Wildman–Crippen MR) is 216 cm³/mol. The Bertz CT molecular complexity index is 2440. The van der Waals surface area contributed by atoms with Gasteiger partial charge in [0, 0.05) is 0 Å². The minimum atomic E-state index is -4.83. The Hall–Kier alpha value is -6.22. The summed E-state index contributed by atoms with van der Waals surface area (Å²) >= 11 is 1.35. The molecule has 0 aliphatic rings. The normalized spacial score (nSPS) is 10.9. The van der Waals surface area contributed by atoms with E-state index in [2.05, 4.69) is 25.1 Å². The summed E-state index contributed by atoms with van der Waals surface area (Å²) in [6, 6.07) is 29.6. The predicted octanol–water partition coefficient (Wildman–Crippen LogP) is 8.64. The third-order valence-corrected chi connectivity index (χ3v) is 10.4. The standard InChI is InChI=1S/C24H20N3O7PS.C10H8N3O7PS.CH4/c28-23(26-24-25-15-22(36-24)27(29)30)20-13-7-8-14-21(20)34-35(31,32-16-18-9-3-1-4-10-18)33-17-19-11-5-2-6-12-19;14-9(12-10-11-5-8(22-10)13(15)16)6-3-1-2-4-7(6)20-21(17,18)19;/h1-15H,16-17H2,(H,25,26,28);1-5H,(H,11,12,14)(H2,17,18,19);1H4. The van der Waals surface area contributed by atoms with Crippen molar-refractivity contribution in [3.8, 4) is 11.5 Å². The molecule has 59 heavy (non-hydrogen) atoms. The van der Waals surface area contributed by atoms with Crippen LogP contribution in [0, 0.1) is 20.2 Å². The molecule has 20 nitrogen and oxygen atoms in total. The van der Waals surface area contributed by atoms with E-state index in [4.69, 9.17) is 23.4 Å². The summed E-state index contributed by atoms with van der Waals surface area (Å²) in [4.78, 5) is 70.2. The minimum Gasteiger partial charge on any atom is -0.403 e. The molecule has 0 aliphatic heterocycles. The minimum absolute atomic E-state index is 0. The van der Waals surface area contributed by atoms with E-state index in [0.717, 1.165) is 23.5 Å². The lowest BCUT2D eigenvalue weighted by Gasteiger charge is -2.20. The van der Waals surface area contributed by atoms with E-state index in [0.29, 0.717) is 22.7 Å². The number of aromatic nitrogens is 2. The summed E-state index contributed by atoms with van der Waals surface area (Å²) in [6.45, 7) is -0.103. The van der Waals surface area contributed by atoms with Crippen LogP contribution in [0.4, 0.5) is 20.3 Å². The highest BCUT2D eigenvalue weighted by Crippen LogP contribution is 2.51. The third-order valence-electron chi connectivity index (χ3n) is 6.94. The van der Waals surface area contributed by atoms with Crippen molar-refractivity contribution >= 4 is 70.4 Å². The van der Waals surface area contributed by atoms with Gasteiger partial charge in [0.2, 0.25) is 0 Å². The van der Waals surface area contributed by atoms with Gasteiger partial charge in [-0.25, -0.2) is 19.1 Å². The quantitative estimate of drug-likeness (QED) is 0.0402. The van der Waals surface area contributed by atoms with E-state index in [1.54, 1.807) is 36.4 Å². The molecular weight excluding hydrogens is 854 g/mol. The Balaban J connectivity index is 0.000000287. The van der Waals surface area contributed by atoms with Crippen LogP contribution in [0.2, 0.25) is 0 Å². The van der Waals surface area contributed by atoms with Crippen LogP contribution in [0.3, 0.4) is 0 Å². The van der Waals surface area contributed by atoms with Crippen molar-refractivity contribution in [1.82, 2.24) is 9.97 Å². The fraction of sp³-hybridized carbons (Fsp3) is 0.0857. The van der Waals surface area contributed by atoms with Gasteiger partial charge in [0.25, 0.3) is 11.8 Å². The van der Waals surface area contributed by atoms with Gasteiger partial charge >= 0.3 is 25.6 Å². The van der Waals surface area contributed by atoms with Gasteiger partial charge in [0.1, 0.15) is 23.9 Å². The smallest absolute Gasteiger partial charge is 0.403 e. The van der Waals surface area contributed by atoms with Crippen LogP contribution in [0.25, 0.3) is 0 Å². The summed E-state index contributed by atoms with van der Waals surface area (Å²) in [5.41, 5.74) is 1.37. The lowest BCUT2D eigenvalue weighted by Crippen LogP contribution is -2.14. The van der Waals surface area contributed by atoms with Crippen LogP contribution in [0.5, 0.6) is 11.5 Å². The Morgan fingerprint density at radius 1 is 0.627 bits per heavy atom. The monoisotopic (exact) mass is 886 g/mol. The van der Waals surface area contributed by atoms with Crippen LogP contribution >= 0.6 is 38.3 Å². The molecule has 0 fully saturated rings. The van der Waals surface area contributed by atoms with Crippen LogP contribution in [-0.4, -0.2) is 41.4 Å². The molecule has 6 aromatic rings. The topological polar surface area (TPSA) is 282 Å². The molecule has 2 amide bonds. The maximum atomic E-state index is 13.7. The molecule has 0 unspecified atom stereocenters. The van der Waals surface area contributed by atoms with Gasteiger partial charge in [-0.05, 0) is 58.1 Å². The van der Waals surface area contributed by atoms with Crippen molar-refractivity contribution in [3.63, 3.8) is 0 Å². The Labute approximate surface area is 342 Å². The SMILES string of the molecule is C.O=C(Nc1ncc([N+](=O)[O-])s1)c1ccccc1OP(=O)(O)O.O=C(Nc1ncc([N+](=O)[O-])s1)c1ccccc1OP(=O)(OCc1ccccc1)OCc1ccccc1. The summed E-state index contributed by atoms with van der Waals surface area (Å²) < 4.78 is 45.9. The van der Waals surface area contributed by atoms with Gasteiger partial charge < -0.3 is 9.05 Å². The van der Waals surface area contributed by atoms with Gasteiger partial charge in [-0.15, -0.1) is 0 Å². The van der Waals surface area contributed by atoms with Crippen molar-refractivity contribution in [3.05, 3.63) is 164 Å². The lowest BCUT2D eigenvalue weighted by atomic mass is 10.2. The van der Waals surface area contributed by atoms with Crippen molar-refractivity contribution in [2.45, 2.75) is 20.6 Å². The van der Waals surface area contributed by atoms with E-state index in [1.807, 2.05) is 36.4 Å². The molecule has 6 rings (SSSR count). The van der Waals surface area contributed by atoms with Crippen LogP contribution < -0.4 is 19.7 Å². The number of phosphoric acid groups is 2. The van der Waals surface area contributed by atoms with E-state index >= 15 is 0 Å². The largest absolute Gasteiger partial charge is 0.530 e. The number of nitrogens with one attached hydrogen (secondary N) is 2. The zero-order chi connectivity index (χ0) is 41.7. The number of amides is 2. The zero-order valence-electron chi connectivity index (χ0n) is 29.3. The second-order valence-electron chi connectivity index (χ2n) is 11.1. The molecule has 308 valence electrons. The number of nitrogens with zero attached hydrogens (tertiary/aromatic N) is 4. The van der Waals surface area contributed by atoms with Gasteiger partial charge in [-0.3, -0.25) is 59.3 Å². The molecule has 4 N–H and O–H groups in total. The first-order valence-corrected chi connectivity index (χ1v) is 20.7. The van der Waals surface area contributed by atoms with Gasteiger partial charge in [-0.2, -0.15) is 0 Å². The summed E-state index contributed by atoms with van der Waals surface area (Å²) in [5.74, 6) is -1.80. The average molecular weight is 887 g/mol. The molecule has 0 aliphatic carbocycles. The van der Waals surface area contributed by atoms with E-state index < -0.39 is 37.3 Å². The number of carbonyl (C=O) groups is 2. The van der Waals surface area contributed by atoms with Gasteiger partial charge in [0.05, 0.1) is 34.2 Å². The number of hydrogen-bond donors (Lipinski definition) is 4. The maximum absolute atomic E-state index is 13.7. The molecule has 4 aromatic carbocycles. The molecular formula is C35H32N6O14P2S2. The summed E-state index contributed by atoms with van der Waals surface area (Å²) in [5, 5.41) is 25.7. The number of hydrogen-bond acceptors (Lipinski definition) is 16. The van der Waals surface area contributed by atoms with E-state index in [-0.39, 0.29) is 63.5 Å². The highest BCUT2D eigenvalue weighted by Gasteiger charge is 2.31. The van der Waals surface area contributed by atoms with Crippen molar-refractivity contribution < 1.29 is 56.4 Å². The summed E-state index contributed by atoms with van der Waals surface area (Å²) in [7, 11) is -9.04. The molecule has 0 saturated heterocycles. The second-order valence-corrected chi connectivity index (χ2v) is 15.8. The molecule has 0 atom stereocenters. The molecule has 0 spiro atoms. The molecule has 0 radical (unpaired) electrons. The molecule has 2 heterocycles. The Morgan fingerprint density at radius 3 is 1.37 bits per heavy atom. The number of nitro groups is 2. The van der Waals surface area contributed by atoms with Gasteiger partial charge in [0.15, 0.2) is 10.3 Å². The van der Waals surface area contributed by atoms with Crippen LogP contribution in [0.15, 0.2) is 122 Å². The first-order valence-electron chi connectivity index (χ1n) is 16.1. The highest BCUT2D eigenvalue weighted by molar-refractivity contribution is 7.48. The molecule has 0 saturated carbocycles. The van der Waals surface area contributed by atoms with E-state index in [9.17, 15) is 38.9 Å². The number of rotatable bonds is 16. The first kappa shape index (κ1) is 45.5. The third kappa shape index (κ3) is 14.0. The van der Waals surface area contributed by atoms with Crippen LogP contribution in [0.1, 0.15) is 39.3 Å². The first-order chi connectivity index (χ1) is 27.7. The van der Waals surface area contributed by atoms with Crippen molar-refractivity contribution in [2.75, 3.05) is 10.6 Å². The second kappa shape index (κ2) is 21.0. The number of thiazole rings is 2. The molecule has 2 aromatic heterocycles. The maximum Gasteiger partial charge on any atom is 0.530 e. The fourth-order valence-corrected chi connectivity index (χ4v) is 7.27. The zero-order valence-corrected chi connectivity index (χ0v) is 32.7. The lowest BCUT2D eigenvalue weighted by molar-refractivity contribution is -0.380. The average Bonchev–Trinajstić information content (AvgIpc) is 3.88. The van der Waals surface area contributed by atoms with Crippen LogP contribution in [-0.2, 0) is 31.4 Å². The number of benzene rings is 4. The Kier molecular flexibility index (Phi) is 16.2. The molecule has 24 heteroatoms. The van der Waals surface area contributed by atoms with Crippen molar-refractivity contribution in [2.24, 2.45) is 0 Å².